The van der Waals surface area contributed by atoms with Gasteiger partial charge in [-0.2, -0.15) is 5.10 Å². The Balaban J connectivity index is 2.44. The molecule has 1 heterocycles. The van der Waals surface area contributed by atoms with E-state index in [9.17, 15) is 4.79 Å². The summed E-state index contributed by atoms with van der Waals surface area (Å²) in [4.78, 5) is 11.1. The van der Waals surface area contributed by atoms with Crippen LogP contribution < -0.4 is 11.5 Å². The van der Waals surface area contributed by atoms with Gasteiger partial charge in [0.25, 0.3) is 5.91 Å². The summed E-state index contributed by atoms with van der Waals surface area (Å²) in [6.07, 6.45) is 3.19. The summed E-state index contributed by atoms with van der Waals surface area (Å²) in [7, 11) is 0. The van der Waals surface area contributed by atoms with Crippen molar-refractivity contribution in [2.45, 2.75) is 25.8 Å². The van der Waals surface area contributed by atoms with Gasteiger partial charge in [-0.15, -0.1) is 0 Å². The van der Waals surface area contributed by atoms with E-state index in [0.717, 1.165) is 17.7 Å². The molecule has 5 nitrogen and oxygen atoms in total. The number of carbonyl (C=O) groups is 1. The first-order valence-electron chi connectivity index (χ1n) is 6.41. The first-order chi connectivity index (χ1) is 9.52. The number of nitrogens with zero attached hydrogens (tertiary/aromatic N) is 2. The molecular formula is C14H17ClN4O. The Morgan fingerprint density at radius 2 is 2.20 bits per heavy atom. The molecule has 0 aliphatic rings. The highest BCUT2D eigenvalue weighted by Crippen LogP contribution is 2.24. The van der Waals surface area contributed by atoms with Crippen LogP contribution >= 0.6 is 11.6 Å². The second-order valence-electron chi connectivity index (χ2n) is 4.62. The predicted molar refractivity (Wildman–Crippen MR) is 79.1 cm³/mol. The van der Waals surface area contributed by atoms with Gasteiger partial charge < -0.3 is 11.5 Å². The molecule has 1 amide bonds. The molecular weight excluding hydrogens is 276 g/mol. The zero-order valence-electron chi connectivity index (χ0n) is 11.2. The van der Waals surface area contributed by atoms with Gasteiger partial charge in [0.15, 0.2) is 0 Å². The number of primary amides is 1. The normalized spacial score (nSPS) is 12.3. The number of hydrogen-bond acceptors (Lipinski definition) is 3. The zero-order valence-corrected chi connectivity index (χ0v) is 12.0. The van der Waals surface area contributed by atoms with Crippen LogP contribution in [0, 0.1) is 0 Å². The topological polar surface area (TPSA) is 86.9 Å². The Kier molecular flexibility index (Phi) is 4.42. The van der Waals surface area contributed by atoms with Crippen molar-refractivity contribution in [1.82, 2.24) is 9.78 Å². The van der Waals surface area contributed by atoms with E-state index in [1.165, 1.54) is 0 Å². The van der Waals surface area contributed by atoms with Crippen LogP contribution in [-0.2, 0) is 6.42 Å². The summed E-state index contributed by atoms with van der Waals surface area (Å²) < 4.78 is 1.60. The van der Waals surface area contributed by atoms with Gasteiger partial charge in [-0.25, -0.2) is 4.68 Å². The molecule has 0 aliphatic heterocycles. The van der Waals surface area contributed by atoms with E-state index in [4.69, 9.17) is 23.1 Å². The number of carbonyl (C=O) groups excluding carboxylic acids is 1. The number of rotatable bonds is 5. The van der Waals surface area contributed by atoms with Crippen LogP contribution in [0.4, 0.5) is 0 Å². The lowest BCUT2D eigenvalue weighted by atomic mass is 10.0. The standard InChI is InChI=1S/C14H17ClN4O/c1-2-9(16)8-10-11(15)4-3-5-13(10)19-7-6-12(18-19)14(17)20/h3-7,9H,2,8,16H2,1H3,(H2,17,20). The van der Waals surface area contributed by atoms with Crippen molar-refractivity contribution in [3.05, 3.63) is 46.7 Å². The van der Waals surface area contributed by atoms with Crippen molar-refractivity contribution >= 4 is 17.5 Å². The summed E-state index contributed by atoms with van der Waals surface area (Å²) in [6.45, 7) is 2.03. The molecule has 0 saturated heterocycles. The van der Waals surface area contributed by atoms with Gasteiger partial charge >= 0.3 is 0 Å². The number of benzene rings is 1. The molecule has 2 aromatic rings. The number of aromatic nitrogens is 2. The third-order valence-corrected chi connectivity index (χ3v) is 3.53. The fourth-order valence-electron chi connectivity index (χ4n) is 1.96. The van der Waals surface area contributed by atoms with Crippen molar-refractivity contribution in [2.24, 2.45) is 11.5 Å². The molecule has 0 saturated carbocycles. The Bertz CT molecular complexity index is 623. The molecule has 1 aromatic carbocycles. The highest BCUT2D eigenvalue weighted by atomic mass is 35.5. The van der Waals surface area contributed by atoms with Crippen LogP contribution in [0.3, 0.4) is 0 Å². The molecule has 1 unspecified atom stereocenters. The number of hydrogen-bond donors (Lipinski definition) is 2. The second-order valence-corrected chi connectivity index (χ2v) is 5.03. The summed E-state index contributed by atoms with van der Waals surface area (Å²) >= 11 is 6.26. The molecule has 0 spiro atoms. The summed E-state index contributed by atoms with van der Waals surface area (Å²) in [5.41, 5.74) is 13.2. The van der Waals surface area contributed by atoms with E-state index < -0.39 is 5.91 Å². The summed E-state index contributed by atoms with van der Waals surface area (Å²) in [5, 5.41) is 4.80. The minimum absolute atomic E-state index is 0.0276. The minimum atomic E-state index is -0.558. The second kappa shape index (κ2) is 6.07. The van der Waals surface area contributed by atoms with Crippen LogP contribution in [0.2, 0.25) is 5.02 Å². The van der Waals surface area contributed by atoms with Crippen LogP contribution in [0.15, 0.2) is 30.5 Å². The number of nitrogens with two attached hydrogens (primary N) is 2. The van der Waals surface area contributed by atoms with Gasteiger partial charge in [0.05, 0.1) is 5.69 Å². The van der Waals surface area contributed by atoms with Crippen LogP contribution in [0.5, 0.6) is 0 Å². The molecule has 0 aliphatic carbocycles. The molecule has 0 bridgehead atoms. The first-order valence-corrected chi connectivity index (χ1v) is 6.79. The molecule has 0 fully saturated rings. The van der Waals surface area contributed by atoms with Gasteiger partial charge in [0.1, 0.15) is 5.69 Å². The van der Waals surface area contributed by atoms with Crippen molar-refractivity contribution in [2.75, 3.05) is 0 Å². The van der Waals surface area contributed by atoms with Crippen molar-refractivity contribution < 1.29 is 4.79 Å². The highest BCUT2D eigenvalue weighted by Gasteiger charge is 2.14. The van der Waals surface area contributed by atoms with Crippen molar-refractivity contribution in [3.8, 4) is 5.69 Å². The van der Waals surface area contributed by atoms with Gasteiger partial charge in [0.2, 0.25) is 0 Å². The lowest BCUT2D eigenvalue weighted by molar-refractivity contribution is 0.0995. The summed E-state index contributed by atoms with van der Waals surface area (Å²) in [6, 6.07) is 7.15. The van der Waals surface area contributed by atoms with E-state index in [1.807, 2.05) is 25.1 Å². The average Bonchev–Trinajstić information content (AvgIpc) is 2.90. The van der Waals surface area contributed by atoms with E-state index in [2.05, 4.69) is 5.10 Å². The van der Waals surface area contributed by atoms with E-state index in [0.29, 0.717) is 11.4 Å². The smallest absolute Gasteiger partial charge is 0.269 e. The van der Waals surface area contributed by atoms with Crippen LogP contribution in [0.25, 0.3) is 5.69 Å². The molecule has 1 atom stereocenters. The fraction of sp³-hybridized carbons (Fsp3) is 0.286. The van der Waals surface area contributed by atoms with E-state index >= 15 is 0 Å². The Hall–Kier alpha value is -1.85. The minimum Gasteiger partial charge on any atom is -0.364 e. The van der Waals surface area contributed by atoms with E-state index in [1.54, 1.807) is 16.9 Å². The maximum Gasteiger partial charge on any atom is 0.269 e. The van der Waals surface area contributed by atoms with Gasteiger partial charge in [-0.3, -0.25) is 4.79 Å². The third-order valence-electron chi connectivity index (χ3n) is 3.17. The van der Waals surface area contributed by atoms with Crippen molar-refractivity contribution in [1.29, 1.82) is 0 Å². The van der Waals surface area contributed by atoms with E-state index in [-0.39, 0.29) is 11.7 Å². The Labute approximate surface area is 122 Å². The molecule has 0 radical (unpaired) electrons. The first kappa shape index (κ1) is 14.6. The Morgan fingerprint density at radius 3 is 2.80 bits per heavy atom. The number of amides is 1. The largest absolute Gasteiger partial charge is 0.364 e. The number of halogens is 1. The van der Waals surface area contributed by atoms with Crippen LogP contribution in [0.1, 0.15) is 29.4 Å². The quantitative estimate of drug-likeness (QED) is 0.882. The van der Waals surface area contributed by atoms with Crippen molar-refractivity contribution in [3.63, 3.8) is 0 Å². The molecule has 20 heavy (non-hydrogen) atoms. The highest BCUT2D eigenvalue weighted by molar-refractivity contribution is 6.31. The maximum atomic E-state index is 11.1. The average molecular weight is 293 g/mol. The molecule has 2 rings (SSSR count). The molecule has 6 heteroatoms. The molecule has 106 valence electrons. The maximum absolute atomic E-state index is 11.1. The molecule has 4 N–H and O–H groups in total. The third kappa shape index (κ3) is 3.00. The van der Waals surface area contributed by atoms with Gasteiger partial charge in [-0.05, 0) is 36.6 Å². The SMILES string of the molecule is CCC(N)Cc1c(Cl)cccc1-n1ccc(C(N)=O)n1. The Morgan fingerprint density at radius 1 is 1.45 bits per heavy atom. The van der Waals surface area contributed by atoms with Crippen LogP contribution in [-0.4, -0.2) is 21.7 Å². The predicted octanol–water partition coefficient (Wildman–Crippen LogP) is 1.90. The van der Waals surface area contributed by atoms with Gasteiger partial charge in [0, 0.05) is 17.3 Å². The monoisotopic (exact) mass is 292 g/mol. The molecule has 1 aromatic heterocycles. The zero-order chi connectivity index (χ0) is 14.7. The van der Waals surface area contributed by atoms with Gasteiger partial charge in [-0.1, -0.05) is 24.6 Å². The lowest BCUT2D eigenvalue weighted by Crippen LogP contribution is -2.22. The summed E-state index contributed by atoms with van der Waals surface area (Å²) in [5.74, 6) is -0.558. The fourth-order valence-corrected chi connectivity index (χ4v) is 2.21. The lowest BCUT2D eigenvalue weighted by Gasteiger charge is -2.15.